The van der Waals surface area contributed by atoms with Crippen LogP contribution in [0.15, 0.2) is 35.6 Å². The van der Waals surface area contributed by atoms with Crippen LogP contribution in [0.2, 0.25) is 0 Å². The Hall–Kier alpha value is -1.79. The highest BCUT2D eigenvalue weighted by Crippen LogP contribution is 2.23. The maximum absolute atomic E-state index is 12.5. The zero-order chi connectivity index (χ0) is 16.9. The number of hydrogen-bond acceptors (Lipinski definition) is 4. The van der Waals surface area contributed by atoms with E-state index in [9.17, 15) is 4.79 Å². The molecule has 2 heterocycles. The summed E-state index contributed by atoms with van der Waals surface area (Å²) in [4.78, 5) is 16.8. The first kappa shape index (κ1) is 17.0. The lowest BCUT2D eigenvalue weighted by molar-refractivity contribution is 0.0950. The van der Waals surface area contributed by atoms with Crippen LogP contribution in [-0.2, 0) is 13.6 Å². The number of benzene rings is 1. The molecule has 0 radical (unpaired) electrons. The fourth-order valence-electron chi connectivity index (χ4n) is 3.12. The normalized spacial score (nSPS) is 17.7. The molecule has 0 bridgehead atoms. The Bertz CT molecular complexity index is 707. The minimum Gasteiger partial charge on any atom is -0.346 e. The summed E-state index contributed by atoms with van der Waals surface area (Å²) < 4.78 is 2.01. The maximum atomic E-state index is 12.5. The van der Waals surface area contributed by atoms with Crippen LogP contribution >= 0.6 is 11.8 Å². The van der Waals surface area contributed by atoms with Gasteiger partial charge in [-0.25, -0.2) is 4.98 Å². The van der Waals surface area contributed by atoms with Crippen LogP contribution in [0.5, 0.6) is 0 Å². The number of nitrogens with one attached hydrogen (secondary N) is 2. The number of aromatic nitrogens is 2. The number of piperidine rings is 1. The van der Waals surface area contributed by atoms with Crippen LogP contribution < -0.4 is 10.6 Å². The van der Waals surface area contributed by atoms with E-state index in [1.165, 1.54) is 18.4 Å². The molecule has 6 heteroatoms. The van der Waals surface area contributed by atoms with Gasteiger partial charge in [0.15, 0.2) is 5.16 Å². The summed E-state index contributed by atoms with van der Waals surface area (Å²) in [6, 6.07) is 8.02. The summed E-state index contributed by atoms with van der Waals surface area (Å²) >= 11 is 1.60. The molecule has 0 aliphatic carbocycles. The second kappa shape index (κ2) is 7.85. The van der Waals surface area contributed by atoms with Crippen molar-refractivity contribution in [3.8, 4) is 0 Å². The van der Waals surface area contributed by atoms with E-state index in [0.29, 0.717) is 12.5 Å². The van der Waals surface area contributed by atoms with Crippen molar-refractivity contribution < 1.29 is 4.79 Å². The quantitative estimate of drug-likeness (QED) is 0.819. The Morgan fingerprint density at radius 2 is 2.38 bits per heavy atom. The molecule has 0 saturated carbocycles. The van der Waals surface area contributed by atoms with E-state index in [2.05, 4.69) is 21.7 Å². The first-order chi connectivity index (χ1) is 11.7. The summed E-state index contributed by atoms with van der Waals surface area (Å²) in [6.07, 6.45) is 6.19. The van der Waals surface area contributed by atoms with Crippen molar-refractivity contribution in [2.24, 2.45) is 7.05 Å². The van der Waals surface area contributed by atoms with Gasteiger partial charge in [-0.2, -0.15) is 0 Å². The first-order valence-corrected chi connectivity index (χ1v) is 9.55. The number of nitrogens with zero attached hydrogens (tertiary/aromatic N) is 2. The zero-order valence-corrected chi connectivity index (χ0v) is 15.0. The van der Waals surface area contributed by atoms with Crippen LogP contribution in [0.3, 0.4) is 0 Å². The van der Waals surface area contributed by atoms with Gasteiger partial charge in [-0.15, -0.1) is 0 Å². The van der Waals surface area contributed by atoms with E-state index in [1.54, 1.807) is 11.8 Å². The minimum atomic E-state index is -0.0347. The molecule has 5 nitrogen and oxygen atoms in total. The molecule has 1 atom stereocenters. The van der Waals surface area contributed by atoms with Crippen LogP contribution in [0.1, 0.15) is 40.4 Å². The van der Waals surface area contributed by atoms with Gasteiger partial charge in [0.05, 0.1) is 18.4 Å². The summed E-state index contributed by atoms with van der Waals surface area (Å²) in [6.45, 7) is 2.58. The molecule has 1 amide bonds. The first-order valence-electron chi connectivity index (χ1n) is 8.32. The molecule has 1 saturated heterocycles. The fraction of sp³-hybridized carbons (Fsp3) is 0.444. The fourth-order valence-corrected chi connectivity index (χ4v) is 3.67. The van der Waals surface area contributed by atoms with Crippen molar-refractivity contribution in [1.29, 1.82) is 0 Å². The minimum absolute atomic E-state index is 0.0347. The second-order valence-corrected chi connectivity index (χ2v) is 6.92. The molecule has 0 spiro atoms. The molecular formula is C18H24N4OS. The highest BCUT2D eigenvalue weighted by molar-refractivity contribution is 7.98. The van der Waals surface area contributed by atoms with E-state index in [4.69, 9.17) is 0 Å². The molecule has 0 unspecified atom stereocenters. The monoisotopic (exact) mass is 344 g/mol. The van der Waals surface area contributed by atoms with Crippen LogP contribution in [0, 0.1) is 0 Å². The average Bonchev–Trinajstić information content (AvgIpc) is 3.00. The molecule has 1 aliphatic rings. The van der Waals surface area contributed by atoms with Crippen molar-refractivity contribution >= 4 is 17.7 Å². The standard InChI is InChI=1S/C18H24N4OS/c1-22-16(12-21-18(22)24-2)11-20-17(23)14-6-3-5-13(9-14)15-7-4-8-19-10-15/h3,5-6,9,12,15,19H,4,7-8,10-11H2,1-2H3,(H,20,23)/t15-/m1/s1. The van der Waals surface area contributed by atoms with Gasteiger partial charge in [0.2, 0.25) is 0 Å². The van der Waals surface area contributed by atoms with E-state index in [-0.39, 0.29) is 5.91 Å². The highest BCUT2D eigenvalue weighted by Gasteiger charge is 2.16. The lowest BCUT2D eigenvalue weighted by Crippen LogP contribution is -2.28. The average molecular weight is 344 g/mol. The topological polar surface area (TPSA) is 59.0 Å². The number of thioether (sulfide) groups is 1. The molecule has 1 aliphatic heterocycles. The van der Waals surface area contributed by atoms with E-state index >= 15 is 0 Å². The second-order valence-electron chi connectivity index (χ2n) is 6.15. The Labute approximate surface area is 147 Å². The van der Waals surface area contributed by atoms with Gasteiger partial charge >= 0.3 is 0 Å². The number of amides is 1. The zero-order valence-electron chi connectivity index (χ0n) is 14.2. The lowest BCUT2D eigenvalue weighted by atomic mass is 9.90. The van der Waals surface area contributed by atoms with Crippen molar-refractivity contribution in [2.75, 3.05) is 19.3 Å². The number of imidazole rings is 1. The molecule has 1 aromatic carbocycles. The summed E-state index contributed by atoms with van der Waals surface area (Å²) in [5, 5.41) is 7.38. The Balaban J connectivity index is 1.65. The molecule has 24 heavy (non-hydrogen) atoms. The third kappa shape index (κ3) is 3.82. The van der Waals surface area contributed by atoms with Crippen LogP contribution in [-0.4, -0.2) is 34.8 Å². The van der Waals surface area contributed by atoms with Crippen molar-refractivity contribution in [3.63, 3.8) is 0 Å². The highest BCUT2D eigenvalue weighted by atomic mass is 32.2. The van der Waals surface area contributed by atoms with Gasteiger partial charge in [0, 0.05) is 19.2 Å². The predicted molar refractivity (Wildman–Crippen MR) is 97.4 cm³/mol. The molecule has 2 N–H and O–H groups in total. The number of carbonyl (C=O) groups is 1. The number of carbonyl (C=O) groups excluding carboxylic acids is 1. The maximum Gasteiger partial charge on any atom is 0.251 e. The van der Waals surface area contributed by atoms with Gasteiger partial charge in [0.25, 0.3) is 5.91 Å². The molecule has 1 fully saturated rings. The SMILES string of the molecule is CSc1ncc(CNC(=O)c2cccc([C@@H]3CCCNC3)c2)n1C. The van der Waals surface area contributed by atoms with E-state index in [1.807, 2.05) is 42.3 Å². The Morgan fingerprint density at radius 1 is 1.50 bits per heavy atom. The molecular weight excluding hydrogens is 320 g/mol. The van der Waals surface area contributed by atoms with Crippen LogP contribution in [0.25, 0.3) is 0 Å². The van der Waals surface area contributed by atoms with Crippen LogP contribution in [0.4, 0.5) is 0 Å². The van der Waals surface area contributed by atoms with Gasteiger partial charge in [-0.1, -0.05) is 23.9 Å². The van der Waals surface area contributed by atoms with Crippen molar-refractivity contribution in [3.05, 3.63) is 47.3 Å². The Morgan fingerprint density at radius 3 is 3.08 bits per heavy atom. The summed E-state index contributed by atoms with van der Waals surface area (Å²) in [7, 11) is 1.97. The largest absolute Gasteiger partial charge is 0.346 e. The third-order valence-corrected chi connectivity index (χ3v) is 5.32. The van der Waals surface area contributed by atoms with Gasteiger partial charge in [0.1, 0.15) is 0 Å². The molecule has 1 aromatic heterocycles. The molecule has 3 rings (SSSR count). The number of hydrogen-bond donors (Lipinski definition) is 2. The summed E-state index contributed by atoms with van der Waals surface area (Å²) in [5.41, 5.74) is 2.98. The molecule has 2 aromatic rings. The van der Waals surface area contributed by atoms with Gasteiger partial charge in [-0.3, -0.25) is 4.79 Å². The Kier molecular flexibility index (Phi) is 5.58. The number of rotatable bonds is 5. The smallest absolute Gasteiger partial charge is 0.251 e. The van der Waals surface area contributed by atoms with Gasteiger partial charge < -0.3 is 15.2 Å². The summed E-state index contributed by atoms with van der Waals surface area (Å²) in [5.74, 6) is 0.472. The van der Waals surface area contributed by atoms with Gasteiger partial charge in [-0.05, 0) is 49.3 Å². The van der Waals surface area contributed by atoms with E-state index < -0.39 is 0 Å². The lowest BCUT2D eigenvalue weighted by Gasteiger charge is -2.23. The van der Waals surface area contributed by atoms with Crippen molar-refractivity contribution in [2.45, 2.75) is 30.5 Å². The predicted octanol–water partition coefficient (Wildman–Crippen LogP) is 2.54. The van der Waals surface area contributed by atoms with E-state index in [0.717, 1.165) is 29.5 Å². The molecule has 128 valence electrons. The van der Waals surface area contributed by atoms with Crippen molar-refractivity contribution in [1.82, 2.24) is 20.2 Å². The third-order valence-electron chi connectivity index (χ3n) is 4.57.